The number of rotatable bonds is 4. The number of non-ortho nitro benzene ring substituents is 1. The summed E-state index contributed by atoms with van der Waals surface area (Å²) in [5.41, 5.74) is 1.25. The maximum absolute atomic E-state index is 10.8. The lowest BCUT2D eigenvalue weighted by Gasteiger charge is -1.97. The molecule has 0 bridgehead atoms. The number of nitrogens with zero attached hydrogens (tertiary/aromatic N) is 2. The normalized spacial score (nSPS) is 10.6. The van der Waals surface area contributed by atoms with E-state index in [2.05, 4.69) is 4.98 Å². The number of aromatic nitrogens is 1. The summed E-state index contributed by atoms with van der Waals surface area (Å²) in [5, 5.41) is 19.5. The first-order valence-corrected chi connectivity index (χ1v) is 5.68. The average molecular weight is 270 g/mol. The molecule has 0 atom stereocenters. The average Bonchev–Trinajstić information content (AvgIpc) is 2.45. The highest BCUT2D eigenvalue weighted by molar-refractivity contribution is 5.88. The third kappa shape index (κ3) is 3.26. The molecule has 0 saturated heterocycles. The Morgan fingerprint density at radius 3 is 2.75 bits per heavy atom. The van der Waals surface area contributed by atoms with Crippen molar-refractivity contribution in [2.75, 3.05) is 0 Å². The van der Waals surface area contributed by atoms with Gasteiger partial charge in [0.05, 0.1) is 16.2 Å². The van der Waals surface area contributed by atoms with Crippen molar-refractivity contribution in [3.05, 3.63) is 69.5 Å². The molecule has 0 saturated carbocycles. The van der Waals surface area contributed by atoms with E-state index in [9.17, 15) is 14.9 Å². The largest absolute Gasteiger partial charge is 0.478 e. The Labute approximate surface area is 114 Å². The second-order valence-electron chi connectivity index (χ2n) is 3.96. The number of hydrogen-bond acceptors (Lipinski definition) is 4. The smallest absolute Gasteiger partial charge is 0.335 e. The highest BCUT2D eigenvalue weighted by atomic mass is 16.6. The summed E-state index contributed by atoms with van der Waals surface area (Å²) >= 11 is 0. The Bertz CT molecular complexity index is 636. The molecule has 20 heavy (non-hydrogen) atoms. The molecule has 0 amide bonds. The van der Waals surface area contributed by atoms with E-state index in [4.69, 9.17) is 5.11 Å². The van der Waals surface area contributed by atoms with Gasteiger partial charge in [-0.25, -0.2) is 4.79 Å². The number of carboxylic acids is 1. The first-order chi connectivity index (χ1) is 9.56. The third-order valence-electron chi connectivity index (χ3n) is 2.56. The van der Waals surface area contributed by atoms with Crippen LogP contribution in [0.2, 0.25) is 0 Å². The second-order valence-corrected chi connectivity index (χ2v) is 3.96. The van der Waals surface area contributed by atoms with Crippen LogP contribution in [0.15, 0.2) is 42.6 Å². The number of benzene rings is 1. The fraction of sp³-hybridized carbons (Fsp3) is 0. The van der Waals surface area contributed by atoms with Gasteiger partial charge < -0.3 is 5.11 Å². The minimum Gasteiger partial charge on any atom is -0.478 e. The summed E-state index contributed by atoms with van der Waals surface area (Å²) in [6, 6.07) is 8.95. The van der Waals surface area contributed by atoms with Crippen molar-refractivity contribution in [3.63, 3.8) is 0 Å². The SMILES string of the molecule is O=C(O)c1ccnc(/C=C/c2cccc([N+](=O)[O-])c2)c1. The van der Waals surface area contributed by atoms with E-state index in [-0.39, 0.29) is 11.3 Å². The number of hydrogen-bond donors (Lipinski definition) is 1. The molecule has 0 aliphatic carbocycles. The van der Waals surface area contributed by atoms with Crippen molar-refractivity contribution in [2.45, 2.75) is 0 Å². The van der Waals surface area contributed by atoms with Crippen LogP contribution < -0.4 is 0 Å². The van der Waals surface area contributed by atoms with Crippen LogP contribution in [0.3, 0.4) is 0 Å². The van der Waals surface area contributed by atoms with E-state index < -0.39 is 10.9 Å². The van der Waals surface area contributed by atoms with Crippen molar-refractivity contribution < 1.29 is 14.8 Å². The third-order valence-corrected chi connectivity index (χ3v) is 2.56. The molecular formula is C14H10N2O4. The highest BCUT2D eigenvalue weighted by Crippen LogP contribution is 2.15. The number of carboxylic acid groups (broad SMARTS) is 1. The molecule has 0 fully saturated rings. The molecule has 0 spiro atoms. The van der Waals surface area contributed by atoms with Crippen molar-refractivity contribution in [1.29, 1.82) is 0 Å². The summed E-state index contributed by atoms with van der Waals surface area (Å²) in [5.74, 6) is -1.03. The van der Waals surface area contributed by atoms with E-state index in [1.807, 2.05) is 0 Å². The second kappa shape index (κ2) is 5.75. The standard InChI is InChI=1S/C14H10N2O4/c17-14(18)11-6-7-15-12(9-11)5-4-10-2-1-3-13(8-10)16(19)20/h1-9H,(H,17,18)/b5-4+. The van der Waals surface area contributed by atoms with Gasteiger partial charge in [0, 0.05) is 18.3 Å². The zero-order chi connectivity index (χ0) is 14.5. The number of nitro benzene ring substituents is 1. The number of nitro groups is 1. The van der Waals surface area contributed by atoms with Crippen molar-refractivity contribution in [2.24, 2.45) is 0 Å². The zero-order valence-electron chi connectivity index (χ0n) is 10.3. The van der Waals surface area contributed by atoms with Gasteiger partial charge in [0.2, 0.25) is 0 Å². The molecule has 1 heterocycles. The minimum absolute atomic E-state index is 0.000559. The van der Waals surface area contributed by atoms with Gasteiger partial charge in [0.25, 0.3) is 5.69 Å². The summed E-state index contributed by atoms with van der Waals surface area (Å²) in [4.78, 5) is 25.0. The Morgan fingerprint density at radius 1 is 1.25 bits per heavy atom. The summed E-state index contributed by atoms with van der Waals surface area (Å²) in [6.07, 6.45) is 4.64. The van der Waals surface area contributed by atoms with Crippen LogP contribution in [0, 0.1) is 10.1 Å². The van der Waals surface area contributed by atoms with E-state index >= 15 is 0 Å². The van der Waals surface area contributed by atoms with Crippen molar-refractivity contribution in [3.8, 4) is 0 Å². The number of pyridine rings is 1. The quantitative estimate of drug-likeness (QED) is 0.681. The predicted molar refractivity (Wildman–Crippen MR) is 73.2 cm³/mol. The topological polar surface area (TPSA) is 93.3 Å². The first kappa shape index (κ1) is 13.4. The van der Waals surface area contributed by atoms with Gasteiger partial charge in [-0.05, 0) is 23.8 Å². The fourth-order valence-electron chi connectivity index (χ4n) is 1.60. The molecule has 0 unspecified atom stereocenters. The van der Waals surface area contributed by atoms with Gasteiger partial charge in [-0.1, -0.05) is 18.2 Å². The van der Waals surface area contributed by atoms with E-state index in [1.54, 1.807) is 24.3 Å². The van der Waals surface area contributed by atoms with Crippen LogP contribution in [0.25, 0.3) is 12.2 Å². The van der Waals surface area contributed by atoms with Gasteiger partial charge >= 0.3 is 5.97 Å². The molecule has 6 nitrogen and oxygen atoms in total. The Kier molecular flexibility index (Phi) is 3.85. The molecule has 6 heteroatoms. The summed E-state index contributed by atoms with van der Waals surface area (Å²) < 4.78 is 0. The Hall–Kier alpha value is -3.02. The van der Waals surface area contributed by atoms with E-state index in [0.717, 1.165) is 0 Å². The van der Waals surface area contributed by atoms with Crippen molar-refractivity contribution >= 4 is 23.8 Å². The van der Waals surface area contributed by atoms with Crippen LogP contribution in [0.4, 0.5) is 5.69 Å². The summed E-state index contributed by atoms with van der Waals surface area (Å²) in [7, 11) is 0. The molecule has 2 rings (SSSR count). The summed E-state index contributed by atoms with van der Waals surface area (Å²) in [6.45, 7) is 0. The molecule has 1 aromatic heterocycles. The van der Waals surface area contributed by atoms with Gasteiger partial charge in [0.15, 0.2) is 0 Å². The lowest BCUT2D eigenvalue weighted by atomic mass is 10.1. The maximum atomic E-state index is 10.8. The lowest BCUT2D eigenvalue weighted by molar-refractivity contribution is -0.384. The molecule has 0 radical (unpaired) electrons. The molecule has 0 aliphatic heterocycles. The van der Waals surface area contributed by atoms with Crippen LogP contribution in [-0.2, 0) is 0 Å². The molecule has 0 aliphatic rings. The van der Waals surface area contributed by atoms with E-state index in [0.29, 0.717) is 11.3 Å². The fourth-order valence-corrected chi connectivity index (χ4v) is 1.60. The van der Waals surface area contributed by atoms with Crippen LogP contribution >= 0.6 is 0 Å². The highest BCUT2D eigenvalue weighted by Gasteiger charge is 2.04. The van der Waals surface area contributed by atoms with Crippen LogP contribution in [0.5, 0.6) is 0 Å². The monoisotopic (exact) mass is 270 g/mol. The maximum Gasteiger partial charge on any atom is 0.335 e. The van der Waals surface area contributed by atoms with Crippen LogP contribution in [-0.4, -0.2) is 21.0 Å². The Morgan fingerprint density at radius 2 is 2.05 bits per heavy atom. The Balaban J connectivity index is 2.25. The van der Waals surface area contributed by atoms with Gasteiger partial charge in [-0.2, -0.15) is 0 Å². The molecule has 1 N–H and O–H groups in total. The first-order valence-electron chi connectivity index (χ1n) is 5.68. The number of aromatic carboxylic acids is 1. The molecule has 100 valence electrons. The molecular weight excluding hydrogens is 260 g/mol. The molecule has 2 aromatic rings. The van der Waals surface area contributed by atoms with Gasteiger partial charge in [0.1, 0.15) is 0 Å². The molecule has 1 aromatic carbocycles. The minimum atomic E-state index is -1.03. The van der Waals surface area contributed by atoms with E-state index in [1.165, 1.54) is 30.5 Å². The van der Waals surface area contributed by atoms with Gasteiger partial charge in [-0.15, -0.1) is 0 Å². The van der Waals surface area contributed by atoms with Gasteiger partial charge in [-0.3, -0.25) is 15.1 Å². The van der Waals surface area contributed by atoms with Crippen molar-refractivity contribution in [1.82, 2.24) is 4.98 Å². The number of carbonyl (C=O) groups is 1. The predicted octanol–water partition coefficient (Wildman–Crippen LogP) is 2.86. The zero-order valence-corrected chi connectivity index (χ0v) is 10.3. The lowest BCUT2D eigenvalue weighted by Crippen LogP contribution is -1.96. The van der Waals surface area contributed by atoms with Crippen LogP contribution in [0.1, 0.15) is 21.6 Å².